The van der Waals surface area contributed by atoms with Crippen molar-refractivity contribution in [1.29, 1.82) is 0 Å². The Balaban J connectivity index is 1.74. The standard InChI is InChI=1S/C13H17N5/c1-2-11(8-10-4-6-14-7-5-10)9-12(3-1)13-15-17-18-16-13/h1-3,9-10,14H,4-8H2,(H,15,16,17,18). The molecule has 0 spiro atoms. The highest BCUT2D eigenvalue weighted by atomic mass is 15.5. The number of piperidine rings is 1. The lowest BCUT2D eigenvalue weighted by molar-refractivity contribution is 0.373. The Morgan fingerprint density at radius 1 is 1.22 bits per heavy atom. The van der Waals surface area contributed by atoms with Crippen molar-refractivity contribution in [3.05, 3.63) is 29.8 Å². The zero-order valence-electron chi connectivity index (χ0n) is 10.3. The van der Waals surface area contributed by atoms with Crippen molar-refractivity contribution in [3.63, 3.8) is 0 Å². The molecule has 2 aromatic rings. The van der Waals surface area contributed by atoms with E-state index in [9.17, 15) is 0 Å². The summed E-state index contributed by atoms with van der Waals surface area (Å²) in [6.45, 7) is 2.30. The summed E-state index contributed by atoms with van der Waals surface area (Å²) in [6, 6.07) is 8.46. The molecule has 1 fully saturated rings. The second-order valence-electron chi connectivity index (χ2n) is 4.83. The van der Waals surface area contributed by atoms with Gasteiger partial charge in [0.15, 0.2) is 0 Å². The van der Waals surface area contributed by atoms with Gasteiger partial charge in [0.05, 0.1) is 0 Å². The predicted octanol–water partition coefficient (Wildman–Crippen LogP) is 1.41. The average molecular weight is 243 g/mol. The van der Waals surface area contributed by atoms with Crippen molar-refractivity contribution >= 4 is 0 Å². The largest absolute Gasteiger partial charge is 0.317 e. The number of nitrogens with zero attached hydrogens (tertiary/aromatic N) is 3. The molecule has 0 atom stereocenters. The summed E-state index contributed by atoms with van der Waals surface area (Å²) in [5.74, 6) is 1.47. The minimum atomic E-state index is 0.669. The lowest BCUT2D eigenvalue weighted by Crippen LogP contribution is -2.28. The Kier molecular flexibility index (Phi) is 3.32. The van der Waals surface area contributed by atoms with Gasteiger partial charge in [-0.2, -0.15) is 5.21 Å². The zero-order valence-corrected chi connectivity index (χ0v) is 10.3. The molecular weight excluding hydrogens is 226 g/mol. The van der Waals surface area contributed by atoms with E-state index in [0.29, 0.717) is 5.82 Å². The Morgan fingerprint density at radius 3 is 2.89 bits per heavy atom. The van der Waals surface area contributed by atoms with Crippen LogP contribution in [0.15, 0.2) is 24.3 Å². The van der Waals surface area contributed by atoms with Crippen LogP contribution >= 0.6 is 0 Å². The smallest absolute Gasteiger partial charge is 0.204 e. The number of H-pyrrole nitrogens is 1. The van der Waals surface area contributed by atoms with Crippen LogP contribution in [0.5, 0.6) is 0 Å². The molecule has 94 valence electrons. The fourth-order valence-corrected chi connectivity index (χ4v) is 2.54. The number of rotatable bonds is 3. The average Bonchev–Trinajstić information content (AvgIpc) is 2.94. The lowest BCUT2D eigenvalue weighted by Gasteiger charge is -2.22. The Labute approximate surface area is 106 Å². The topological polar surface area (TPSA) is 66.5 Å². The molecule has 3 rings (SSSR count). The first-order valence-corrected chi connectivity index (χ1v) is 6.45. The molecule has 1 aliphatic rings. The van der Waals surface area contributed by atoms with Crippen LogP contribution in [0.4, 0.5) is 0 Å². The number of benzene rings is 1. The van der Waals surface area contributed by atoms with Gasteiger partial charge in [0.2, 0.25) is 5.82 Å². The van der Waals surface area contributed by atoms with Crippen LogP contribution in [0.1, 0.15) is 18.4 Å². The van der Waals surface area contributed by atoms with Gasteiger partial charge in [0, 0.05) is 5.56 Å². The van der Waals surface area contributed by atoms with Gasteiger partial charge in [0.25, 0.3) is 0 Å². The molecule has 0 aliphatic carbocycles. The molecule has 0 amide bonds. The van der Waals surface area contributed by atoms with Gasteiger partial charge in [0.1, 0.15) is 0 Å². The molecule has 1 aromatic carbocycles. The molecule has 0 radical (unpaired) electrons. The third kappa shape index (κ3) is 2.56. The molecule has 0 bridgehead atoms. The summed E-state index contributed by atoms with van der Waals surface area (Å²) >= 11 is 0. The highest BCUT2D eigenvalue weighted by molar-refractivity contribution is 5.54. The fraction of sp³-hybridized carbons (Fsp3) is 0.462. The number of nitrogens with one attached hydrogen (secondary N) is 2. The Morgan fingerprint density at radius 2 is 2.11 bits per heavy atom. The molecule has 18 heavy (non-hydrogen) atoms. The summed E-state index contributed by atoms with van der Waals surface area (Å²) in [7, 11) is 0. The van der Waals surface area contributed by atoms with Gasteiger partial charge in [-0.1, -0.05) is 18.2 Å². The first-order chi connectivity index (χ1) is 8.92. The van der Waals surface area contributed by atoms with Crippen molar-refractivity contribution in [2.45, 2.75) is 19.3 Å². The normalized spacial score (nSPS) is 16.9. The predicted molar refractivity (Wildman–Crippen MR) is 68.9 cm³/mol. The van der Waals surface area contributed by atoms with Gasteiger partial charge < -0.3 is 5.32 Å². The van der Waals surface area contributed by atoms with Gasteiger partial charge in [-0.3, -0.25) is 0 Å². The van der Waals surface area contributed by atoms with E-state index in [4.69, 9.17) is 0 Å². The molecule has 1 aromatic heterocycles. The number of aromatic amines is 1. The third-order valence-electron chi connectivity index (χ3n) is 3.51. The van der Waals surface area contributed by atoms with Crippen LogP contribution < -0.4 is 5.32 Å². The number of hydrogen-bond donors (Lipinski definition) is 2. The SMILES string of the molecule is c1cc(CC2CCNCC2)cc(-c2nn[nH]n2)c1. The number of aromatic nitrogens is 4. The summed E-state index contributed by atoms with van der Waals surface area (Å²) in [6.07, 6.45) is 3.69. The van der Waals surface area contributed by atoms with Crippen molar-refractivity contribution in [2.24, 2.45) is 5.92 Å². The maximum Gasteiger partial charge on any atom is 0.204 e. The Bertz CT molecular complexity index is 488. The minimum absolute atomic E-state index is 0.669. The number of tetrazole rings is 1. The Hall–Kier alpha value is -1.75. The monoisotopic (exact) mass is 243 g/mol. The summed E-state index contributed by atoms with van der Waals surface area (Å²) < 4.78 is 0. The molecule has 2 N–H and O–H groups in total. The van der Waals surface area contributed by atoms with Crippen LogP contribution in [0, 0.1) is 5.92 Å². The van der Waals surface area contributed by atoms with Crippen molar-refractivity contribution in [1.82, 2.24) is 25.9 Å². The first-order valence-electron chi connectivity index (χ1n) is 6.45. The quantitative estimate of drug-likeness (QED) is 0.855. The van der Waals surface area contributed by atoms with Gasteiger partial charge in [-0.15, -0.1) is 10.2 Å². The van der Waals surface area contributed by atoms with E-state index in [1.54, 1.807) is 0 Å². The fourth-order valence-electron chi connectivity index (χ4n) is 2.54. The van der Waals surface area contributed by atoms with E-state index >= 15 is 0 Å². The maximum absolute atomic E-state index is 4.02. The maximum atomic E-state index is 4.02. The van der Waals surface area contributed by atoms with Crippen LogP contribution in [-0.2, 0) is 6.42 Å². The van der Waals surface area contributed by atoms with Crippen LogP contribution in [0.25, 0.3) is 11.4 Å². The highest BCUT2D eigenvalue weighted by Gasteiger charge is 2.14. The van der Waals surface area contributed by atoms with Gasteiger partial charge in [-0.25, -0.2) is 0 Å². The van der Waals surface area contributed by atoms with Crippen molar-refractivity contribution < 1.29 is 0 Å². The summed E-state index contributed by atoms with van der Waals surface area (Å²) in [4.78, 5) is 0. The van der Waals surface area contributed by atoms with E-state index in [0.717, 1.165) is 31.0 Å². The van der Waals surface area contributed by atoms with Gasteiger partial charge >= 0.3 is 0 Å². The second kappa shape index (κ2) is 5.27. The molecule has 5 nitrogen and oxygen atoms in total. The summed E-state index contributed by atoms with van der Waals surface area (Å²) in [5.41, 5.74) is 2.40. The lowest BCUT2D eigenvalue weighted by atomic mass is 9.90. The van der Waals surface area contributed by atoms with E-state index in [2.05, 4.69) is 44.1 Å². The highest BCUT2D eigenvalue weighted by Crippen LogP contribution is 2.21. The first kappa shape index (κ1) is 11.3. The van der Waals surface area contributed by atoms with Gasteiger partial charge in [-0.05, 0) is 55.1 Å². The van der Waals surface area contributed by atoms with E-state index in [1.807, 2.05) is 6.07 Å². The third-order valence-corrected chi connectivity index (χ3v) is 3.51. The molecule has 1 saturated heterocycles. The molecule has 0 unspecified atom stereocenters. The van der Waals surface area contributed by atoms with Crippen molar-refractivity contribution in [2.75, 3.05) is 13.1 Å². The van der Waals surface area contributed by atoms with E-state index in [-0.39, 0.29) is 0 Å². The molecule has 1 aliphatic heterocycles. The van der Waals surface area contributed by atoms with Crippen LogP contribution in [0.2, 0.25) is 0 Å². The second-order valence-corrected chi connectivity index (χ2v) is 4.83. The van der Waals surface area contributed by atoms with Crippen LogP contribution in [0.3, 0.4) is 0 Å². The van der Waals surface area contributed by atoms with E-state index in [1.165, 1.54) is 18.4 Å². The molecule has 5 heteroatoms. The van der Waals surface area contributed by atoms with Crippen LogP contribution in [-0.4, -0.2) is 33.7 Å². The van der Waals surface area contributed by atoms with E-state index < -0.39 is 0 Å². The molecular formula is C13H17N5. The number of hydrogen-bond acceptors (Lipinski definition) is 4. The minimum Gasteiger partial charge on any atom is -0.317 e. The molecule has 2 heterocycles. The molecule has 0 saturated carbocycles. The van der Waals surface area contributed by atoms with Crippen molar-refractivity contribution in [3.8, 4) is 11.4 Å². The zero-order chi connectivity index (χ0) is 12.2. The summed E-state index contributed by atoms with van der Waals surface area (Å²) in [5, 5.41) is 17.5.